The lowest BCUT2D eigenvalue weighted by atomic mass is 9.67. The van der Waals surface area contributed by atoms with Gasteiger partial charge in [-0.3, -0.25) is 4.79 Å². The number of imidazole rings is 1. The average molecular weight is 292 g/mol. The monoisotopic (exact) mass is 292 g/mol. The maximum atomic E-state index is 13.2. The van der Waals surface area contributed by atoms with Gasteiger partial charge in [0.25, 0.3) is 0 Å². The highest BCUT2D eigenvalue weighted by atomic mass is 16.5. The van der Waals surface area contributed by atoms with Gasteiger partial charge in [-0.1, -0.05) is 20.8 Å². The molecular formula is C16H24N2O3. The van der Waals surface area contributed by atoms with Crippen molar-refractivity contribution >= 4 is 5.91 Å². The minimum absolute atomic E-state index is 0.0690. The summed E-state index contributed by atoms with van der Waals surface area (Å²) in [5.74, 6) is 0.401. The smallest absolute Gasteiger partial charge is 0.332 e. The molecule has 0 spiro atoms. The van der Waals surface area contributed by atoms with Crippen LogP contribution in [-0.4, -0.2) is 28.2 Å². The van der Waals surface area contributed by atoms with E-state index in [0.717, 1.165) is 25.7 Å². The molecule has 3 atom stereocenters. The van der Waals surface area contributed by atoms with E-state index >= 15 is 0 Å². The molecule has 116 valence electrons. The van der Waals surface area contributed by atoms with Crippen molar-refractivity contribution in [2.24, 2.45) is 16.7 Å². The Morgan fingerprint density at radius 3 is 2.86 bits per heavy atom. The Morgan fingerprint density at radius 1 is 1.52 bits per heavy atom. The fourth-order valence-electron chi connectivity index (χ4n) is 4.58. The second-order valence-electron chi connectivity index (χ2n) is 6.96. The van der Waals surface area contributed by atoms with Gasteiger partial charge >= 0.3 is 5.69 Å². The van der Waals surface area contributed by atoms with Crippen LogP contribution in [0, 0.1) is 16.7 Å². The van der Waals surface area contributed by atoms with Gasteiger partial charge in [0, 0.05) is 19.0 Å². The van der Waals surface area contributed by atoms with E-state index < -0.39 is 5.41 Å². The number of fused-ring (bicyclic) bond motifs is 2. The second kappa shape index (κ2) is 4.83. The highest BCUT2D eigenvalue weighted by Crippen LogP contribution is 2.66. The lowest BCUT2D eigenvalue weighted by molar-refractivity contribution is -0.0439. The summed E-state index contributed by atoms with van der Waals surface area (Å²) in [4.78, 5) is 27.6. The van der Waals surface area contributed by atoms with Gasteiger partial charge in [-0.05, 0) is 37.0 Å². The summed E-state index contributed by atoms with van der Waals surface area (Å²) in [7, 11) is 0. The number of rotatable bonds is 4. The predicted molar refractivity (Wildman–Crippen MR) is 79.3 cm³/mol. The fraction of sp³-hybridized carbons (Fsp3) is 0.750. The van der Waals surface area contributed by atoms with Crippen LogP contribution in [0.2, 0.25) is 0 Å². The van der Waals surface area contributed by atoms with Crippen LogP contribution < -0.4 is 5.69 Å². The molecule has 0 unspecified atom stereocenters. The van der Waals surface area contributed by atoms with E-state index in [4.69, 9.17) is 4.74 Å². The second-order valence-corrected chi connectivity index (χ2v) is 6.96. The van der Waals surface area contributed by atoms with Crippen molar-refractivity contribution in [3.8, 4) is 0 Å². The number of hydrogen-bond acceptors (Lipinski definition) is 3. The maximum absolute atomic E-state index is 13.2. The number of hydrogen-bond donors (Lipinski definition) is 1. The first-order valence-corrected chi connectivity index (χ1v) is 7.87. The van der Waals surface area contributed by atoms with Crippen LogP contribution in [0.25, 0.3) is 0 Å². The maximum Gasteiger partial charge on any atom is 0.332 e. The summed E-state index contributed by atoms with van der Waals surface area (Å²) < 4.78 is 7.27. The molecule has 3 rings (SSSR count). The molecule has 2 fully saturated rings. The molecule has 2 aliphatic rings. The van der Waals surface area contributed by atoms with E-state index in [0.29, 0.717) is 12.5 Å². The minimum Gasteiger partial charge on any atom is -0.377 e. The summed E-state index contributed by atoms with van der Waals surface area (Å²) >= 11 is 0. The van der Waals surface area contributed by atoms with E-state index in [1.54, 1.807) is 0 Å². The van der Waals surface area contributed by atoms with Crippen molar-refractivity contribution < 1.29 is 9.53 Å². The Balaban J connectivity index is 2.03. The van der Waals surface area contributed by atoms with E-state index in [1.165, 1.54) is 17.0 Å². The van der Waals surface area contributed by atoms with E-state index in [2.05, 4.69) is 25.8 Å². The van der Waals surface area contributed by atoms with Gasteiger partial charge in [-0.15, -0.1) is 0 Å². The van der Waals surface area contributed by atoms with Crippen molar-refractivity contribution in [3.63, 3.8) is 0 Å². The van der Waals surface area contributed by atoms with Crippen LogP contribution in [-0.2, 0) is 4.74 Å². The standard InChI is InChI=1S/C16H24N2O3/c1-4-9-21-12-10-11-5-6-16(12,15(11,2)3)13(19)18-8-7-17-14(18)20/h7-8,11-12H,4-6,9-10H2,1-3H3,(H,17,20)/t11-,12-,16+/m1/s1. The van der Waals surface area contributed by atoms with Gasteiger partial charge in [0.15, 0.2) is 0 Å². The highest BCUT2D eigenvalue weighted by molar-refractivity contribution is 5.87. The van der Waals surface area contributed by atoms with E-state index in [9.17, 15) is 9.59 Å². The highest BCUT2D eigenvalue weighted by Gasteiger charge is 2.68. The van der Waals surface area contributed by atoms with Crippen LogP contribution in [0.3, 0.4) is 0 Å². The van der Waals surface area contributed by atoms with Gasteiger partial charge in [0.05, 0.1) is 11.5 Å². The molecule has 1 heterocycles. The van der Waals surface area contributed by atoms with Crippen LogP contribution >= 0.6 is 0 Å². The van der Waals surface area contributed by atoms with Crippen LogP contribution in [0.5, 0.6) is 0 Å². The molecule has 0 aromatic carbocycles. The van der Waals surface area contributed by atoms with Crippen LogP contribution in [0.4, 0.5) is 0 Å². The summed E-state index contributed by atoms with van der Waals surface area (Å²) in [6.07, 6.45) is 6.72. The predicted octanol–water partition coefficient (Wildman–Crippen LogP) is 2.44. The van der Waals surface area contributed by atoms with Crippen molar-refractivity contribution in [2.45, 2.75) is 52.6 Å². The quantitative estimate of drug-likeness (QED) is 0.927. The van der Waals surface area contributed by atoms with Gasteiger partial charge < -0.3 is 9.72 Å². The van der Waals surface area contributed by atoms with E-state index in [1.807, 2.05) is 0 Å². The number of aromatic amines is 1. The normalized spacial score (nSPS) is 33.5. The summed E-state index contributed by atoms with van der Waals surface area (Å²) in [5.41, 5.74) is -1.05. The summed E-state index contributed by atoms with van der Waals surface area (Å²) in [6, 6.07) is 0. The van der Waals surface area contributed by atoms with Gasteiger partial charge in [-0.2, -0.15) is 0 Å². The Bertz CT molecular complexity index is 601. The molecule has 5 heteroatoms. The molecule has 5 nitrogen and oxygen atoms in total. The van der Waals surface area contributed by atoms with Crippen LogP contribution in [0.15, 0.2) is 17.2 Å². The molecule has 1 aromatic heterocycles. The number of carbonyl (C=O) groups is 1. The topological polar surface area (TPSA) is 64.1 Å². The fourth-order valence-corrected chi connectivity index (χ4v) is 4.58. The first-order chi connectivity index (χ1) is 9.95. The van der Waals surface area contributed by atoms with Gasteiger partial charge in [0.2, 0.25) is 5.91 Å². The van der Waals surface area contributed by atoms with Gasteiger partial charge in [-0.25, -0.2) is 9.36 Å². The van der Waals surface area contributed by atoms with Crippen molar-refractivity contribution in [2.75, 3.05) is 6.61 Å². The van der Waals surface area contributed by atoms with E-state index in [-0.39, 0.29) is 23.1 Å². The zero-order valence-electron chi connectivity index (χ0n) is 13.0. The molecule has 0 saturated heterocycles. The number of nitrogens with zero attached hydrogens (tertiary/aromatic N) is 1. The zero-order valence-corrected chi connectivity index (χ0v) is 13.0. The van der Waals surface area contributed by atoms with Crippen molar-refractivity contribution in [3.05, 3.63) is 22.9 Å². The first kappa shape index (κ1) is 14.6. The Labute approximate surface area is 124 Å². The molecular weight excluding hydrogens is 268 g/mol. The first-order valence-electron chi connectivity index (χ1n) is 7.87. The molecule has 2 saturated carbocycles. The van der Waals surface area contributed by atoms with Crippen LogP contribution in [0.1, 0.15) is 51.2 Å². The van der Waals surface area contributed by atoms with Crippen molar-refractivity contribution in [1.82, 2.24) is 9.55 Å². The SMILES string of the molecule is CCCO[C@@H]1C[C@H]2CC[C@]1(C(=O)n1cc[nH]c1=O)C2(C)C. The third-order valence-corrected chi connectivity index (χ3v) is 5.88. The third-order valence-electron chi connectivity index (χ3n) is 5.88. The Morgan fingerprint density at radius 2 is 2.29 bits per heavy atom. The number of nitrogens with one attached hydrogen (secondary N) is 1. The lowest BCUT2D eigenvalue weighted by Gasteiger charge is -2.40. The average Bonchev–Trinajstić information content (AvgIpc) is 3.05. The Hall–Kier alpha value is -1.36. The number of carbonyl (C=O) groups excluding carboxylic acids is 1. The molecule has 21 heavy (non-hydrogen) atoms. The summed E-state index contributed by atoms with van der Waals surface area (Å²) in [5, 5.41) is 0. The minimum atomic E-state index is -0.571. The largest absolute Gasteiger partial charge is 0.377 e. The molecule has 2 aliphatic carbocycles. The number of H-pyrrole nitrogens is 1. The summed E-state index contributed by atoms with van der Waals surface area (Å²) in [6.45, 7) is 7.07. The number of aromatic nitrogens is 2. The molecule has 2 bridgehead atoms. The van der Waals surface area contributed by atoms with Crippen molar-refractivity contribution in [1.29, 1.82) is 0 Å². The number of ether oxygens (including phenoxy) is 1. The Kier molecular flexibility index (Phi) is 3.35. The molecule has 0 aliphatic heterocycles. The lowest BCUT2D eigenvalue weighted by Crippen LogP contribution is -2.51. The molecule has 0 radical (unpaired) electrons. The third kappa shape index (κ3) is 1.79. The molecule has 1 aromatic rings. The molecule has 1 N–H and O–H groups in total. The zero-order chi connectivity index (χ0) is 15.3. The van der Waals surface area contributed by atoms with Gasteiger partial charge in [0.1, 0.15) is 0 Å². The molecule has 0 amide bonds.